The highest BCUT2D eigenvalue weighted by Crippen LogP contribution is 2.45. The van der Waals surface area contributed by atoms with Crippen LogP contribution in [0.25, 0.3) is 167 Å². The quantitative estimate of drug-likeness (QED) is 0.120. The van der Waals surface area contributed by atoms with E-state index < -0.39 is 0 Å². The summed E-state index contributed by atoms with van der Waals surface area (Å²) in [5.41, 5.74) is 22.8. The zero-order chi connectivity index (χ0) is 65.6. The van der Waals surface area contributed by atoms with E-state index >= 15 is 0 Å². The minimum atomic E-state index is 0.395. The summed E-state index contributed by atoms with van der Waals surface area (Å²) in [5.74, 6) is 1.19. The van der Waals surface area contributed by atoms with Crippen LogP contribution in [0.4, 0.5) is 0 Å². The average Bonchev–Trinajstić information content (AvgIpc) is 1.48. The second-order valence-electron chi connectivity index (χ2n) is 24.4. The predicted octanol–water partition coefficient (Wildman–Crippen LogP) is 22.4. The molecule has 3 heterocycles. The topological polar surface area (TPSA) is 120 Å². The number of rotatable bonds is 12. The van der Waals surface area contributed by atoms with Gasteiger partial charge in [0.05, 0.1) is 68.3 Å². The molecule has 8 heteroatoms. The molecule has 98 heavy (non-hydrogen) atoms. The van der Waals surface area contributed by atoms with E-state index in [-0.39, 0.29) is 0 Å². The molecule has 0 unspecified atom stereocenters. The van der Waals surface area contributed by atoms with Gasteiger partial charge >= 0.3 is 0 Å². The summed E-state index contributed by atoms with van der Waals surface area (Å²) in [5, 5.41) is 36.1. The van der Waals surface area contributed by atoms with Crippen LogP contribution in [-0.4, -0.2) is 24.1 Å². The first kappa shape index (κ1) is 58.0. The molecular formula is C90H54N8. The zero-order valence-corrected chi connectivity index (χ0v) is 52.8. The first-order valence-corrected chi connectivity index (χ1v) is 32.5. The van der Waals surface area contributed by atoms with Gasteiger partial charge in [0.2, 0.25) is 0 Å². The maximum Gasteiger partial charge on any atom is 0.166 e. The lowest BCUT2D eigenvalue weighted by molar-refractivity contribution is 1.06. The van der Waals surface area contributed by atoms with Gasteiger partial charge in [-0.25, -0.2) is 15.0 Å². The molecule has 0 bridgehead atoms. The second kappa shape index (κ2) is 24.6. The molecule has 0 saturated heterocycles. The average molecular weight is 1250 g/mol. The number of aromatic nitrogens is 5. The van der Waals surface area contributed by atoms with Gasteiger partial charge < -0.3 is 9.13 Å². The first-order chi connectivity index (χ1) is 48.4. The van der Waals surface area contributed by atoms with Gasteiger partial charge in [0.25, 0.3) is 0 Å². The summed E-state index contributed by atoms with van der Waals surface area (Å²) < 4.78 is 4.64. The Kier molecular flexibility index (Phi) is 14.5. The second-order valence-corrected chi connectivity index (χ2v) is 24.4. The van der Waals surface area contributed by atoms with Crippen LogP contribution in [0.15, 0.2) is 328 Å². The van der Waals surface area contributed by atoms with Gasteiger partial charge in [0, 0.05) is 38.2 Å². The minimum absolute atomic E-state index is 0.395. The fourth-order valence-electron chi connectivity index (χ4n) is 14.0. The first-order valence-electron chi connectivity index (χ1n) is 32.5. The van der Waals surface area contributed by atoms with E-state index in [1.807, 2.05) is 121 Å². The molecular weight excluding hydrogens is 1190 g/mol. The SMILES string of the molecule is N#Cc1ccccc1-c1cccc(-c2nc(-c3ccc(-c4ccccc4C#N)cc3-n3c4ccc(-c5ccccc5)cc4c4cc(-c5ccccc5)ccc43)nc(-c3ccc(-c4ccccc4C#N)cc3-n3c4ccc(-c5ccccc5)cc4c4cc(-c5ccccc5)ccc43)n2)c1. The monoisotopic (exact) mass is 1250 g/mol. The normalized spacial score (nSPS) is 11.2. The molecule has 0 radical (unpaired) electrons. The van der Waals surface area contributed by atoms with Crippen LogP contribution >= 0.6 is 0 Å². The molecule has 0 amide bonds. The van der Waals surface area contributed by atoms with E-state index in [9.17, 15) is 15.8 Å². The van der Waals surface area contributed by atoms with Crippen LogP contribution in [0.2, 0.25) is 0 Å². The molecule has 0 atom stereocenters. The van der Waals surface area contributed by atoms with E-state index in [2.05, 4.69) is 234 Å². The third kappa shape index (κ3) is 10.3. The molecule has 454 valence electrons. The molecule has 8 nitrogen and oxygen atoms in total. The van der Waals surface area contributed by atoms with Gasteiger partial charge in [-0.05, 0) is 175 Å². The van der Waals surface area contributed by atoms with Crippen LogP contribution in [0.1, 0.15) is 16.7 Å². The molecule has 0 fully saturated rings. The van der Waals surface area contributed by atoms with E-state index in [0.717, 1.165) is 133 Å². The van der Waals surface area contributed by atoms with Crippen LogP contribution in [0, 0.1) is 34.0 Å². The van der Waals surface area contributed by atoms with Gasteiger partial charge in [0.15, 0.2) is 17.5 Å². The fourth-order valence-corrected chi connectivity index (χ4v) is 14.0. The van der Waals surface area contributed by atoms with Crippen molar-refractivity contribution in [1.29, 1.82) is 15.8 Å². The van der Waals surface area contributed by atoms with Crippen molar-refractivity contribution in [2.24, 2.45) is 0 Å². The van der Waals surface area contributed by atoms with Gasteiger partial charge in [-0.1, -0.05) is 231 Å². The summed E-state index contributed by atoms with van der Waals surface area (Å²) in [6.45, 7) is 0. The van der Waals surface area contributed by atoms with Crippen LogP contribution in [0.3, 0.4) is 0 Å². The maximum absolute atomic E-state index is 10.7. The molecule has 0 saturated carbocycles. The number of nitriles is 3. The summed E-state index contributed by atoms with van der Waals surface area (Å²) in [7, 11) is 0. The highest BCUT2D eigenvalue weighted by atomic mass is 15.1. The third-order valence-electron chi connectivity index (χ3n) is 18.7. The van der Waals surface area contributed by atoms with Crippen LogP contribution in [0.5, 0.6) is 0 Å². The largest absolute Gasteiger partial charge is 0.308 e. The van der Waals surface area contributed by atoms with Crippen molar-refractivity contribution in [3.63, 3.8) is 0 Å². The number of nitrogens with zero attached hydrogens (tertiary/aromatic N) is 8. The number of fused-ring (bicyclic) bond motifs is 6. The summed E-state index contributed by atoms with van der Waals surface area (Å²) in [6, 6.07) is 120. The Balaban J connectivity index is 0.972. The van der Waals surface area contributed by atoms with E-state index in [0.29, 0.717) is 50.9 Å². The Labute approximate surface area is 566 Å². The Bertz CT molecular complexity index is 5630. The van der Waals surface area contributed by atoms with Gasteiger partial charge in [-0.3, -0.25) is 0 Å². The van der Waals surface area contributed by atoms with Crippen molar-refractivity contribution in [2.45, 2.75) is 0 Å². The summed E-state index contributed by atoms with van der Waals surface area (Å²) >= 11 is 0. The van der Waals surface area contributed by atoms with Gasteiger partial charge in [-0.2, -0.15) is 15.8 Å². The molecule has 0 aliphatic heterocycles. The van der Waals surface area contributed by atoms with Crippen molar-refractivity contribution in [3.05, 3.63) is 344 Å². The standard InChI is InChI=1S/C90H54N8/c91-55-70-28-13-16-33-73(70)66-31-19-32-69(48-66)88-94-89(76-42-36-67(74-34-17-14-29-71(74)56-92)53-86(76)97-82-44-38-62(58-20-5-1-6-21-58)49-78(82)79-50-63(39-45-83(79)97)59-22-7-2-8-23-59)96-90(95-88)77-43-37-68(75-35-18-15-30-72(75)57-93)54-87(77)98-84-46-40-64(60-24-9-3-10-25-60)51-80(84)81-52-65(41-47-85(81)98)61-26-11-4-12-27-61/h1-54H. The van der Waals surface area contributed by atoms with Gasteiger partial charge in [0.1, 0.15) is 0 Å². The van der Waals surface area contributed by atoms with Crippen LogP contribution in [-0.2, 0) is 0 Å². The Morgan fingerprint density at radius 3 is 0.816 bits per heavy atom. The van der Waals surface area contributed by atoms with Gasteiger partial charge in [-0.15, -0.1) is 0 Å². The van der Waals surface area contributed by atoms with Crippen LogP contribution < -0.4 is 0 Å². The van der Waals surface area contributed by atoms with Crippen molar-refractivity contribution >= 4 is 43.6 Å². The van der Waals surface area contributed by atoms with Crippen molar-refractivity contribution in [2.75, 3.05) is 0 Å². The van der Waals surface area contributed by atoms with E-state index in [1.165, 1.54) is 0 Å². The molecule has 0 aliphatic carbocycles. The Hall–Kier alpha value is -13.8. The summed E-state index contributed by atoms with van der Waals surface area (Å²) in [4.78, 5) is 17.0. The van der Waals surface area contributed by atoms with Crippen molar-refractivity contribution < 1.29 is 0 Å². The molecule has 0 spiro atoms. The van der Waals surface area contributed by atoms with E-state index in [4.69, 9.17) is 15.0 Å². The molecule has 17 rings (SSSR count). The Morgan fingerprint density at radius 2 is 0.480 bits per heavy atom. The number of benzene rings is 14. The highest BCUT2D eigenvalue weighted by molar-refractivity contribution is 6.14. The fraction of sp³-hybridized carbons (Fsp3) is 0. The lowest BCUT2D eigenvalue weighted by Crippen LogP contribution is -2.06. The third-order valence-corrected chi connectivity index (χ3v) is 18.7. The molecule has 0 aliphatic rings. The predicted molar refractivity (Wildman–Crippen MR) is 397 cm³/mol. The molecule has 0 N–H and O–H groups in total. The zero-order valence-electron chi connectivity index (χ0n) is 52.8. The minimum Gasteiger partial charge on any atom is -0.308 e. The Morgan fingerprint density at radius 1 is 0.204 bits per heavy atom. The molecule has 3 aromatic heterocycles. The lowest BCUT2D eigenvalue weighted by atomic mass is 9.97. The van der Waals surface area contributed by atoms with E-state index in [1.54, 1.807) is 0 Å². The summed E-state index contributed by atoms with van der Waals surface area (Å²) in [6.07, 6.45) is 0. The smallest absolute Gasteiger partial charge is 0.166 e. The van der Waals surface area contributed by atoms with Crippen molar-refractivity contribution in [1.82, 2.24) is 24.1 Å². The number of hydrogen-bond donors (Lipinski definition) is 0. The highest BCUT2D eigenvalue weighted by Gasteiger charge is 2.26. The lowest BCUT2D eigenvalue weighted by Gasteiger charge is -2.19. The maximum atomic E-state index is 10.7. The van der Waals surface area contributed by atoms with Crippen molar-refractivity contribution in [3.8, 4) is 142 Å². The molecule has 17 aromatic rings. The molecule has 14 aromatic carbocycles. The number of hydrogen-bond acceptors (Lipinski definition) is 6.